The van der Waals surface area contributed by atoms with Crippen LogP contribution >= 0.6 is 0 Å². The van der Waals surface area contributed by atoms with Gasteiger partial charge in [0.05, 0.1) is 11.3 Å². The summed E-state index contributed by atoms with van der Waals surface area (Å²) < 4.78 is 5.56. The maximum absolute atomic E-state index is 13.4. The number of anilines is 1. The minimum Gasteiger partial charge on any atom is -0.508 e. The molecule has 2 aromatic carbocycles. The Balaban J connectivity index is 1.63. The number of nitrogens with one attached hydrogen (secondary N) is 1. The van der Waals surface area contributed by atoms with Gasteiger partial charge < -0.3 is 14.9 Å². The van der Waals surface area contributed by atoms with Gasteiger partial charge in [-0.2, -0.15) is 0 Å². The molecule has 146 valence electrons. The predicted octanol–water partition coefficient (Wildman–Crippen LogP) is 4.96. The number of rotatable bonds is 2. The molecule has 5 rings (SSSR count). The Hall–Kier alpha value is -3.34. The Morgan fingerprint density at radius 2 is 1.83 bits per heavy atom. The van der Waals surface area contributed by atoms with Crippen molar-refractivity contribution in [2.45, 2.75) is 38.5 Å². The zero-order valence-electron chi connectivity index (χ0n) is 16.4. The van der Waals surface area contributed by atoms with E-state index >= 15 is 0 Å². The quantitative estimate of drug-likeness (QED) is 0.651. The molecule has 1 aliphatic carbocycles. The molecule has 0 spiro atoms. The van der Waals surface area contributed by atoms with Gasteiger partial charge in [0.2, 0.25) is 5.88 Å². The number of allylic oxidation sites excluding steroid dienone is 2. The van der Waals surface area contributed by atoms with Crippen molar-refractivity contribution in [3.63, 3.8) is 0 Å². The van der Waals surface area contributed by atoms with Gasteiger partial charge in [-0.1, -0.05) is 53.2 Å². The van der Waals surface area contributed by atoms with E-state index in [4.69, 9.17) is 4.52 Å². The van der Waals surface area contributed by atoms with Gasteiger partial charge in [-0.15, -0.1) is 0 Å². The van der Waals surface area contributed by atoms with E-state index in [1.54, 1.807) is 12.1 Å². The zero-order chi connectivity index (χ0) is 20.1. The zero-order valence-corrected chi connectivity index (χ0v) is 16.4. The van der Waals surface area contributed by atoms with E-state index in [0.717, 1.165) is 33.7 Å². The second-order valence-corrected chi connectivity index (χ2v) is 7.96. The Labute approximate surface area is 169 Å². The minimum atomic E-state index is -0.189. The predicted molar refractivity (Wildman–Crippen MR) is 110 cm³/mol. The first-order chi connectivity index (χ1) is 14.0. The van der Waals surface area contributed by atoms with Crippen molar-refractivity contribution in [2.24, 2.45) is 0 Å². The SMILES string of the molecule is Cc1ccc([C@@H]2C3=C(C[C@H](c4ccccc4O)CC3=O)Nc3onc(C)c32)cc1. The van der Waals surface area contributed by atoms with Crippen molar-refractivity contribution in [2.75, 3.05) is 5.32 Å². The number of nitrogens with zero attached hydrogens (tertiary/aromatic N) is 1. The topological polar surface area (TPSA) is 75.4 Å². The molecule has 0 saturated heterocycles. The summed E-state index contributed by atoms with van der Waals surface area (Å²) in [5.41, 5.74) is 6.42. The Morgan fingerprint density at radius 3 is 2.59 bits per heavy atom. The lowest BCUT2D eigenvalue weighted by Gasteiger charge is -2.34. The van der Waals surface area contributed by atoms with Crippen LogP contribution in [-0.2, 0) is 4.79 Å². The van der Waals surface area contributed by atoms with Gasteiger partial charge in [0.25, 0.3) is 0 Å². The minimum absolute atomic E-state index is 0.0702. The van der Waals surface area contributed by atoms with Crippen LogP contribution in [0.3, 0.4) is 0 Å². The van der Waals surface area contributed by atoms with Gasteiger partial charge >= 0.3 is 0 Å². The molecule has 0 bridgehead atoms. The highest BCUT2D eigenvalue weighted by atomic mass is 16.5. The molecule has 1 aliphatic heterocycles. The molecule has 2 N–H and O–H groups in total. The van der Waals surface area contributed by atoms with Crippen molar-refractivity contribution in [1.29, 1.82) is 0 Å². The number of hydrogen-bond donors (Lipinski definition) is 2. The standard InChI is InChI=1S/C24H22N2O3/c1-13-7-9-15(10-8-13)22-21-14(2)26-29-24(21)25-18-11-16(12-20(28)23(18)22)17-5-3-4-6-19(17)27/h3-10,16,22,25,27H,11-12H2,1-2H3/t16-,22-/m0/s1. The number of carbonyl (C=O) groups excluding carboxylic acids is 1. The number of ketones is 1. The number of aryl methyl sites for hydroxylation is 2. The van der Waals surface area contributed by atoms with Crippen LogP contribution in [0.4, 0.5) is 5.88 Å². The smallest absolute Gasteiger partial charge is 0.233 e. The summed E-state index contributed by atoms with van der Waals surface area (Å²) in [6.07, 6.45) is 1.01. The summed E-state index contributed by atoms with van der Waals surface area (Å²) >= 11 is 0. The molecule has 0 radical (unpaired) electrons. The van der Waals surface area contributed by atoms with Crippen LogP contribution in [0.2, 0.25) is 0 Å². The van der Waals surface area contributed by atoms with Crippen molar-refractivity contribution in [1.82, 2.24) is 5.16 Å². The number of aromatic nitrogens is 1. The first-order valence-electron chi connectivity index (χ1n) is 9.87. The fourth-order valence-electron chi connectivity index (χ4n) is 4.62. The molecule has 5 nitrogen and oxygen atoms in total. The average molecular weight is 386 g/mol. The maximum atomic E-state index is 13.4. The molecule has 0 amide bonds. The summed E-state index contributed by atoms with van der Waals surface area (Å²) in [7, 11) is 0. The molecule has 0 fully saturated rings. The third-order valence-electron chi connectivity index (χ3n) is 6.05. The van der Waals surface area contributed by atoms with Crippen LogP contribution in [0, 0.1) is 13.8 Å². The lowest BCUT2D eigenvalue weighted by Crippen LogP contribution is -2.29. The largest absolute Gasteiger partial charge is 0.508 e. The maximum Gasteiger partial charge on any atom is 0.233 e. The average Bonchev–Trinajstić information content (AvgIpc) is 3.08. The number of para-hydroxylation sites is 1. The lowest BCUT2D eigenvalue weighted by molar-refractivity contribution is -0.116. The van der Waals surface area contributed by atoms with E-state index in [1.165, 1.54) is 5.56 Å². The van der Waals surface area contributed by atoms with Gasteiger partial charge in [-0.05, 0) is 37.5 Å². The fraction of sp³-hybridized carbons (Fsp3) is 0.250. The first-order valence-corrected chi connectivity index (χ1v) is 9.87. The molecule has 3 aromatic rings. The highest BCUT2D eigenvalue weighted by Crippen LogP contribution is 2.49. The Morgan fingerprint density at radius 1 is 1.07 bits per heavy atom. The van der Waals surface area contributed by atoms with E-state index in [9.17, 15) is 9.90 Å². The van der Waals surface area contributed by atoms with Crippen molar-refractivity contribution < 1.29 is 14.4 Å². The Bertz CT molecular complexity index is 1140. The lowest BCUT2D eigenvalue weighted by atomic mass is 9.72. The normalized spacial score (nSPS) is 20.8. The third-order valence-corrected chi connectivity index (χ3v) is 6.05. The van der Waals surface area contributed by atoms with Crippen LogP contribution in [0.5, 0.6) is 5.75 Å². The molecule has 2 atom stereocenters. The van der Waals surface area contributed by atoms with E-state index in [-0.39, 0.29) is 23.4 Å². The first kappa shape index (κ1) is 17.7. The van der Waals surface area contributed by atoms with Gasteiger partial charge in [0, 0.05) is 29.5 Å². The molecule has 29 heavy (non-hydrogen) atoms. The van der Waals surface area contributed by atoms with Crippen LogP contribution < -0.4 is 5.32 Å². The molecular weight excluding hydrogens is 364 g/mol. The summed E-state index contributed by atoms with van der Waals surface area (Å²) in [5.74, 6) is 0.683. The molecule has 2 aliphatic rings. The molecule has 1 aromatic heterocycles. The summed E-state index contributed by atoms with van der Waals surface area (Å²) in [5, 5.41) is 17.8. The highest BCUT2D eigenvalue weighted by Gasteiger charge is 2.41. The van der Waals surface area contributed by atoms with Gasteiger partial charge in [-0.25, -0.2) is 0 Å². The number of phenolic OH excluding ortho intramolecular Hbond substituents is 1. The van der Waals surface area contributed by atoms with Gasteiger partial charge in [0.15, 0.2) is 5.78 Å². The monoisotopic (exact) mass is 386 g/mol. The molecule has 5 heteroatoms. The van der Waals surface area contributed by atoms with E-state index in [2.05, 4.69) is 41.7 Å². The fourth-order valence-corrected chi connectivity index (χ4v) is 4.62. The van der Waals surface area contributed by atoms with Crippen molar-refractivity contribution >= 4 is 11.7 Å². The number of benzene rings is 2. The summed E-state index contributed by atoms with van der Waals surface area (Å²) in [6.45, 7) is 3.96. The second kappa shape index (κ2) is 6.62. The number of phenols is 1. The van der Waals surface area contributed by atoms with Crippen LogP contribution in [0.15, 0.2) is 64.3 Å². The van der Waals surface area contributed by atoms with Crippen LogP contribution in [-0.4, -0.2) is 16.0 Å². The number of hydrogen-bond acceptors (Lipinski definition) is 5. The van der Waals surface area contributed by atoms with E-state index < -0.39 is 0 Å². The number of aromatic hydroxyl groups is 1. The highest BCUT2D eigenvalue weighted by molar-refractivity contribution is 6.01. The number of Topliss-reactive ketones (excluding diaryl/α,β-unsaturated/α-hetero) is 1. The van der Waals surface area contributed by atoms with Gasteiger partial charge in [-0.3, -0.25) is 4.79 Å². The molecular formula is C24H22N2O3. The second-order valence-electron chi connectivity index (χ2n) is 7.96. The molecule has 0 saturated carbocycles. The van der Waals surface area contributed by atoms with Crippen LogP contribution in [0.25, 0.3) is 0 Å². The Kier molecular flexibility index (Phi) is 4.05. The van der Waals surface area contributed by atoms with Crippen molar-refractivity contribution in [3.8, 4) is 5.75 Å². The van der Waals surface area contributed by atoms with E-state index in [1.807, 2.05) is 19.1 Å². The summed E-state index contributed by atoms with van der Waals surface area (Å²) in [6, 6.07) is 15.5. The molecule has 0 unspecified atom stereocenters. The van der Waals surface area contributed by atoms with Gasteiger partial charge in [0.1, 0.15) is 5.75 Å². The molecule has 2 heterocycles. The van der Waals surface area contributed by atoms with Crippen LogP contribution in [0.1, 0.15) is 52.6 Å². The number of fused-ring (bicyclic) bond motifs is 1. The number of carbonyl (C=O) groups is 1. The van der Waals surface area contributed by atoms with Crippen molar-refractivity contribution in [3.05, 3.63) is 87.7 Å². The summed E-state index contributed by atoms with van der Waals surface area (Å²) in [4.78, 5) is 13.4. The third kappa shape index (κ3) is 2.85. The van der Waals surface area contributed by atoms with E-state index in [0.29, 0.717) is 18.7 Å².